The van der Waals surface area contributed by atoms with Crippen molar-refractivity contribution in [1.29, 1.82) is 0 Å². The van der Waals surface area contributed by atoms with Crippen LogP contribution in [0.15, 0.2) is 0 Å². The van der Waals surface area contributed by atoms with Gasteiger partial charge in [0.15, 0.2) is 0 Å². The van der Waals surface area contributed by atoms with E-state index in [9.17, 15) is 4.79 Å². The van der Waals surface area contributed by atoms with E-state index in [0.717, 1.165) is 0 Å². The fourth-order valence-electron chi connectivity index (χ4n) is 1.39. The molecule has 1 aromatic rings. The van der Waals surface area contributed by atoms with Crippen LogP contribution in [0.4, 0.5) is 0 Å². The van der Waals surface area contributed by atoms with E-state index in [-0.39, 0.29) is 6.42 Å². The molecule has 1 aromatic heterocycles. The molecule has 0 aliphatic carbocycles. The summed E-state index contributed by atoms with van der Waals surface area (Å²) in [7, 11) is 1.69. The van der Waals surface area contributed by atoms with Crippen molar-refractivity contribution in [2.75, 3.05) is 13.2 Å². The maximum Gasteiger partial charge on any atom is 0.309 e. The Balaban J connectivity index is 2.36. The molecule has 2 rings (SSSR count). The summed E-state index contributed by atoms with van der Waals surface area (Å²) in [5, 5.41) is 12.7. The van der Waals surface area contributed by atoms with Gasteiger partial charge in [0, 0.05) is 7.05 Å². The lowest BCUT2D eigenvalue weighted by Crippen LogP contribution is -2.16. The molecule has 1 aliphatic rings. The third kappa shape index (κ3) is 1.39. The highest BCUT2D eigenvalue weighted by Crippen LogP contribution is 2.33. The van der Waals surface area contributed by atoms with Gasteiger partial charge in [-0.2, -0.15) is 5.10 Å². The molecule has 0 unspecified atom stereocenters. The average Bonchev–Trinajstić information content (AvgIpc) is 2.44. The predicted octanol–water partition coefficient (Wildman–Crippen LogP) is -0.182. The van der Waals surface area contributed by atoms with Gasteiger partial charge in [0.05, 0.1) is 6.42 Å². The molecule has 1 aliphatic heterocycles. The molecule has 76 valence electrons. The smallest absolute Gasteiger partial charge is 0.309 e. The van der Waals surface area contributed by atoms with Gasteiger partial charge in [-0.3, -0.25) is 4.79 Å². The first-order valence-corrected chi connectivity index (χ1v) is 4.21. The number of rotatable bonds is 2. The Kier molecular flexibility index (Phi) is 2.03. The molecule has 6 heteroatoms. The monoisotopic (exact) mass is 198 g/mol. The molecule has 2 heterocycles. The lowest BCUT2D eigenvalue weighted by atomic mass is 10.3. The summed E-state index contributed by atoms with van der Waals surface area (Å²) >= 11 is 0. The number of hydrogen-bond donors (Lipinski definition) is 1. The van der Waals surface area contributed by atoms with Crippen LogP contribution in [0.25, 0.3) is 0 Å². The zero-order chi connectivity index (χ0) is 10.1. The summed E-state index contributed by atoms with van der Waals surface area (Å²) in [6, 6.07) is 0. The van der Waals surface area contributed by atoms with Crippen LogP contribution in [0.3, 0.4) is 0 Å². The minimum absolute atomic E-state index is 0.146. The van der Waals surface area contributed by atoms with Crippen molar-refractivity contribution < 1.29 is 19.4 Å². The highest BCUT2D eigenvalue weighted by atomic mass is 16.6. The molecule has 0 radical (unpaired) electrons. The van der Waals surface area contributed by atoms with Gasteiger partial charge in [-0.15, -0.1) is 0 Å². The maximum absolute atomic E-state index is 10.5. The molecule has 0 amide bonds. The Morgan fingerprint density at radius 3 is 3.00 bits per heavy atom. The van der Waals surface area contributed by atoms with E-state index in [1.807, 2.05) is 0 Å². The van der Waals surface area contributed by atoms with E-state index in [1.54, 1.807) is 7.05 Å². The average molecular weight is 198 g/mol. The van der Waals surface area contributed by atoms with Crippen molar-refractivity contribution in [1.82, 2.24) is 9.78 Å². The molecule has 0 bridgehead atoms. The van der Waals surface area contributed by atoms with Gasteiger partial charge in [-0.05, 0) is 0 Å². The Hall–Kier alpha value is -1.72. The molecule has 0 atom stereocenters. The van der Waals surface area contributed by atoms with Crippen LogP contribution in [-0.4, -0.2) is 34.1 Å². The number of carboxylic acids is 1. The molecule has 1 N–H and O–H groups in total. The summed E-state index contributed by atoms with van der Waals surface area (Å²) < 4.78 is 12.1. The van der Waals surface area contributed by atoms with Crippen LogP contribution in [0, 0.1) is 0 Å². The molecule has 6 nitrogen and oxygen atoms in total. The number of aryl methyl sites for hydroxylation is 1. The number of ether oxygens (including phenoxy) is 2. The van der Waals surface area contributed by atoms with Gasteiger partial charge < -0.3 is 14.6 Å². The van der Waals surface area contributed by atoms with E-state index >= 15 is 0 Å². The Morgan fingerprint density at radius 1 is 1.57 bits per heavy atom. The van der Waals surface area contributed by atoms with Crippen molar-refractivity contribution in [3.05, 3.63) is 5.69 Å². The number of aliphatic carboxylic acids is 1. The normalized spacial score (nSPS) is 14.1. The van der Waals surface area contributed by atoms with E-state index in [4.69, 9.17) is 14.6 Å². The largest absolute Gasteiger partial charge is 0.483 e. The molecular formula is C8H10N2O4. The zero-order valence-electron chi connectivity index (χ0n) is 7.69. The van der Waals surface area contributed by atoms with Crippen LogP contribution in [-0.2, 0) is 18.3 Å². The summed E-state index contributed by atoms with van der Waals surface area (Å²) in [5.41, 5.74) is 0.412. The molecule has 14 heavy (non-hydrogen) atoms. The minimum Gasteiger partial charge on any atom is -0.483 e. The molecule has 0 saturated carbocycles. The molecule has 0 saturated heterocycles. The summed E-state index contributed by atoms with van der Waals surface area (Å²) in [6.07, 6.45) is -0.146. The number of aromatic nitrogens is 2. The van der Waals surface area contributed by atoms with Gasteiger partial charge in [0.25, 0.3) is 5.88 Å². The number of carbonyl (C=O) groups is 1. The van der Waals surface area contributed by atoms with Gasteiger partial charge in [-0.1, -0.05) is 0 Å². The molecule has 0 fully saturated rings. The van der Waals surface area contributed by atoms with E-state index < -0.39 is 5.97 Å². The molecule has 0 aromatic carbocycles. The van der Waals surface area contributed by atoms with Gasteiger partial charge in [0.1, 0.15) is 18.9 Å². The first-order chi connectivity index (χ1) is 6.68. The SMILES string of the molecule is Cn1nc(CC(=O)O)c2c1OCCO2. The van der Waals surface area contributed by atoms with Crippen LogP contribution >= 0.6 is 0 Å². The maximum atomic E-state index is 10.5. The zero-order valence-corrected chi connectivity index (χ0v) is 7.69. The van der Waals surface area contributed by atoms with Crippen molar-refractivity contribution in [2.45, 2.75) is 6.42 Å². The second-order valence-corrected chi connectivity index (χ2v) is 2.97. The highest BCUT2D eigenvalue weighted by molar-refractivity contribution is 5.71. The van der Waals surface area contributed by atoms with Crippen molar-refractivity contribution >= 4 is 5.97 Å². The van der Waals surface area contributed by atoms with Gasteiger partial charge in [-0.25, -0.2) is 4.68 Å². The number of fused-ring (bicyclic) bond motifs is 1. The highest BCUT2D eigenvalue weighted by Gasteiger charge is 2.23. The second kappa shape index (κ2) is 3.21. The molecular weight excluding hydrogens is 188 g/mol. The topological polar surface area (TPSA) is 73.6 Å². The van der Waals surface area contributed by atoms with E-state index in [2.05, 4.69) is 5.10 Å². The third-order valence-corrected chi connectivity index (χ3v) is 1.91. The number of carboxylic acid groups (broad SMARTS) is 1. The Bertz CT molecular complexity index is 372. The standard InChI is InChI=1S/C8H10N2O4/c1-10-8-7(13-2-3-14-8)5(9-10)4-6(11)12/h2-4H2,1H3,(H,11,12). The fourth-order valence-corrected chi connectivity index (χ4v) is 1.39. The number of nitrogens with zero attached hydrogens (tertiary/aromatic N) is 2. The first kappa shape index (κ1) is 8.86. The quantitative estimate of drug-likeness (QED) is 0.713. The number of hydrogen-bond acceptors (Lipinski definition) is 4. The lowest BCUT2D eigenvalue weighted by molar-refractivity contribution is -0.136. The predicted molar refractivity (Wildman–Crippen MR) is 45.5 cm³/mol. The van der Waals surface area contributed by atoms with Crippen LogP contribution in [0.1, 0.15) is 5.69 Å². The van der Waals surface area contributed by atoms with Crippen LogP contribution in [0.2, 0.25) is 0 Å². The summed E-state index contributed by atoms with van der Waals surface area (Å²) in [5.74, 6) is 0.0359. The summed E-state index contributed by atoms with van der Waals surface area (Å²) in [6.45, 7) is 0.907. The fraction of sp³-hybridized carbons (Fsp3) is 0.500. The minimum atomic E-state index is -0.930. The van der Waals surface area contributed by atoms with E-state index in [1.165, 1.54) is 4.68 Å². The summed E-state index contributed by atoms with van der Waals surface area (Å²) in [4.78, 5) is 10.5. The molecule has 0 spiro atoms. The van der Waals surface area contributed by atoms with Gasteiger partial charge in [0.2, 0.25) is 5.75 Å². The van der Waals surface area contributed by atoms with Crippen molar-refractivity contribution in [3.63, 3.8) is 0 Å². The third-order valence-electron chi connectivity index (χ3n) is 1.91. The Morgan fingerprint density at radius 2 is 2.29 bits per heavy atom. The van der Waals surface area contributed by atoms with Crippen molar-refractivity contribution in [3.8, 4) is 11.6 Å². The first-order valence-electron chi connectivity index (χ1n) is 4.21. The Labute approximate surface area is 80.0 Å². The van der Waals surface area contributed by atoms with Crippen LogP contribution in [0.5, 0.6) is 11.6 Å². The second-order valence-electron chi connectivity index (χ2n) is 2.97. The van der Waals surface area contributed by atoms with E-state index in [0.29, 0.717) is 30.5 Å². The van der Waals surface area contributed by atoms with Crippen molar-refractivity contribution in [2.24, 2.45) is 7.05 Å². The van der Waals surface area contributed by atoms with Gasteiger partial charge >= 0.3 is 5.97 Å². The lowest BCUT2D eigenvalue weighted by Gasteiger charge is -2.15. The van der Waals surface area contributed by atoms with Crippen LogP contribution < -0.4 is 9.47 Å².